The molecule has 0 aromatic heterocycles. The van der Waals surface area contributed by atoms with Gasteiger partial charge in [0, 0.05) is 6.07 Å². The quantitative estimate of drug-likeness (QED) is 0.440. The maximum absolute atomic E-state index is 13.1. The van der Waals surface area contributed by atoms with Crippen molar-refractivity contribution in [1.82, 2.24) is 5.32 Å². The van der Waals surface area contributed by atoms with E-state index in [0.29, 0.717) is 22.7 Å². The number of nitrogens with zero attached hydrogens (tertiary/aromatic N) is 1. The van der Waals surface area contributed by atoms with Gasteiger partial charge in [-0.2, -0.15) is 0 Å². The Bertz CT molecular complexity index is 1030. The van der Waals surface area contributed by atoms with Crippen LogP contribution in [0.15, 0.2) is 42.0 Å². The van der Waals surface area contributed by atoms with Crippen molar-refractivity contribution >= 4 is 40.9 Å². The number of hydrogen-bond acceptors (Lipinski definition) is 7. The molecular weight excluding hydrogens is 396 g/mol. The van der Waals surface area contributed by atoms with Crippen molar-refractivity contribution in [1.29, 1.82) is 0 Å². The molecule has 9 heteroatoms. The number of anilines is 1. The fourth-order valence-electron chi connectivity index (χ4n) is 2.81. The van der Waals surface area contributed by atoms with E-state index in [1.807, 2.05) is 0 Å². The Labute approximate surface area is 172 Å². The number of phenolic OH excluding ortho intramolecular Hbond substituents is 1. The molecule has 0 spiro atoms. The van der Waals surface area contributed by atoms with E-state index in [4.69, 9.17) is 26.4 Å². The van der Waals surface area contributed by atoms with Crippen molar-refractivity contribution in [3.8, 4) is 23.0 Å². The average molecular weight is 414 g/mol. The number of phenols is 1. The molecule has 2 N–H and O–H groups in total. The second-order valence-electron chi connectivity index (χ2n) is 5.93. The molecule has 1 aliphatic heterocycles. The Morgan fingerprint density at radius 3 is 2.34 bits per heavy atom. The molecule has 0 saturated carbocycles. The second kappa shape index (κ2) is 8.19. The lowest BCUT2D eigenvalue weighted by Gasteiger charge is -2.30. The highest BCUT2D eigenvalue weighted by Crippen LogP contribution is 2.34. The molecule has 150 valence electrons. The van der Waals surface area contributed by atoms with Crippen molar-refractivity contribution < 1.29 is 28.9 Å². The van der Waals surface area contributed by atoms with E-state index in [9.17, 15) is 14.7 Å². The molecule has 8 nitrogen and oxygen atoms in total. The highest BCUT2D eigenvalue weighted by Gasteiger charge is 2.36. The maximum Gasteiger partial charge on any atom is 0.270 e. The van der Waals surface area contributed by atoms with Crippen molar-refractivity contribution in [2.45, 2.75) is 0 Å². The average Bonchev–Trinajstić information content (AvgIpc) is 2.71. The number of aromatic hydroxyl groups is 1. The van der Waals surface area contributed by atoms with E-state index in [1.54, 1.807) is 24.3 Å². The minimum atomic E-state index is -0.640. The summed E-state index contributed by atoms with van der Waals surface area (Å²) >= 11 is 5.21. The molecule has 1 aliphatic rings. The third-order valence-electron chi connectivity index (χ3n) is 4.24. The minimum Gasteiger partial charge on any atom is -0.504 e. The fourth-order valence-corrected chi connectivity index (χ4v) is 3.08. The molecule has 0 unspecified atom stereocenters. The van der Waals surface area contributed by atoms with Gasteiger partial charge < -0.3 is 19.3 Å². The van der Waals surface area contributed by atoms with Crippen LogP contribution in [0, 0.1) is 0 Å². The standard InChI is InChI=1S/C20H18N2O6S/c1-26-12-5-6-14(17(10-12)28-3)22-19(25)13(18(24)21-20(22)29)8-11-4-7-16(27-2)15(23)9-11/h4-10,23H,1-3H3,(H,21,24,29)/b13-8+. The van der Waals surface area contributed by atoms with Gasteiger partial charge in [-0.1, -0.05) is 6.07 Å². The van der Waals surface area contributed by atoms with Gasteiger partial charge in [-0.05, 0) is 48.1 Å². The fraction of sp³-hybridized carbons (Fsp3) is 0.150. The van der Waals surface area contributed by atoms with Crippen LogP contribution in [0.2, 0.25) is 0 Å². The van der Waals surface area contributed by atoms with Gasteiger partial charge in [0.15, 0.2) is 16.6 Å². The molecule has 0 aliphatic carbocycles. The smallest absolute Gasteiger partial charge is 0.270 e. The van der Waals surface area contributed by atoms with Gasteiger partial charge in [-0.25, -0.2) is 4.90 Å². The summed E-state index contributed by atoms with van der Waals surface area (Å²) in [6.07, 6.45) is 1.36. The molecule has 1 saturated heterocycles. The first-order valence-corrected chi connectivity index (χ1v) is 8.81. The molecule has 3 rings (SSSR count). The Hall–Kier alpha value is -3.59. The van der Waals surface area contributed by atoms with Gasteiger partial charge in [0.25, 0.3) is 11.8 Å². The van der Waals surface area contributed by atoms with Gasteiger partial charge in [-0.3, -0.25) is 14.9 Å². The van der Waals surface area contributed by atoms with Crippen LogP contribution in [-0.4, -0.2) is 43.4 Å². The first-order chi connectivity index (χ1) is 13.9. The lowest BCUT2D eigenvalue weighted by molar-refractivity contribution is -0.122. The summed E-state index contributed by atoms with van der Waals surface area (Å²) in [6.45, 7) is 0. The number of thiocarbonyl (C=S) groups is 1. The molecule has 1 fully saturated rings. The monoisotopic (exact) mass is 414 g/mol. The van der Waals surface area contributed by atoms with Crippen LogP contribution in [0.5, 0.6) is 23.0 Å². The molecule has 2 aromatic rings. The SMILES string of the molecule is COc1ccc(N2C(=O)/C(=C/c3ccc(OC)c(O)c3)C(=O)NC2=S)c(OC)c1. The van der Waals surface area contributed by atoms with Crippen LogP contribution in [0.25, 0.3) is 6.08 Å². The molecule has 0 bridgehead atoms. The predicted octanol–water partition coefficient (Wildman–Crippen LogP) is 2.25. The van der Waals surface area contributed by atoms with Crippen molar-refractivity contribution in [3.63, 3.8) is 0 Å². The third-order valence-corrected chi connectivity index (χ3v) is 4.53. The first-order valence-electron chi connectivity index (χ1n) is 8.40. The number of carbonyl (C=O) groups excluding carboxylic acids is 2. The van der Waals surface area contributed by atoms with Crippen LogP contribution in [-0.2, 0) is 9.59 Å². The molecule has 2 amide bonds. The van der Waals surface area contributed by atoms with Crippen LogP contribution in [0.1, 0.15) is 5.56 Å². The Morgan fingerprint density at radius 2 is 1.72 bits per heavy atom. The topological polar surface area (TPSA) is 97.3 Å². The van der Waals surface area contributed by atoms with Crippen LogP contribution < -0.4 is 24.4 Å². The predicted molar refractivity (Wildman–Crippen MR) is 110 cm³/mol. The molecule has 29 heavy (non-hydrogen) atoms. The van der Waals surface area contributed by atoms with Gasteiger partial charge in [-0.15, -0.1) is 0 Å². The zero-order valence-corrected chi connectivity index (χ0v) is 16.7. The Morgan fingerprint density at radius 1 is 1.00 bits per heavy atom. The van der Waals surface area contributed by atoms with E-state index >= 15 is 0 Å². The zero-order chi connectivity index (χ0) is 21.1. The summed E-state index contributed by atoms with van der Waals surface area (Å²) in [5.74, 6) is -0.226. The Kier molecular flexibility index (Phi) is 5.69. The van der Waals surface area contributed by atoms with Gasteiger partial charge in [0.2, 0.25) is 0 Å². The number of rotatable bonds is 5. The number of methoxy groups -OCH3 is 3. The van der Waals surface area contributed by atoms with E-state index in [-0.39, 0.29) is 22.2 Å². The normalized spacial score (nSPS) is 15.3. The van der Waals surface area contributed by atoms with Crippen LogP contribution in [0.4, 0.5) is 5.69 Å². The van der Waals surface area contributed by atoms with Gasteiger partial charge >= 0.3 is 0 Å². The number of ether oxygens (including phenoxy) is 3. The zero-order valence-electron chi connectivity index (χ0n) is 15.9. The van der Waals surface area contributed by atoms with E-state index < -0.39 is 11.8 Å². The summed E-state index contributed by atoms with van der Waals surface area (Å²) < 4.78 is 15.5. The second-order valence-corrected chi connectivity index (χ2v) is 6.31. The highest BCUT2D eigenvalue weighted by atomic mass is 32.1. The van der Waals surface area contributed by atoms with Crippen molar-refractivity contribution in [2.24, 2.45) is 0 Å². The number of hydrogen-bond donors (Lipinski definition) is 2. The highest BCUT2D eigenvalue weighted by molar-refractivity contribution is 7.80. The lowest BCUT2D eigenvalue weighted by Crippen LogP contribution is -2.54. The molecule has 1 heterocycles. The number of carbonyl (C=O) groups is 2. The first kappa shape index (κ1) is 20.2. The Balaban J connectivity index is 2.04. The lowest BCUT2D eigenvalue weighted by atomic mass is 10.1. The van der Waals surface area contributed by atoms with E-state index in [0.717, 1.165) is 0 Å². The molecule has 2 aromatic carbocycles. The maximum atomic E-state index is 13.1. The van der Waals surface area contributed by atoms with Crippen molar-refractivity contribution in [2.75, 3.05) is 26.2 Å². The summed E-state index contributed by atoms with van der Waals surface area (Å²) in [4.78, 5) is 26.7. The van der Waals surface area contributed by atoms with E-state index in [1.165, 1.54) is 44.4 Å². The molecular formula is C20H18N2O6S. The van der Waals surface area contributed by atoms with Crippen LogP contribution >= 0.6 is 12.2 Å². The van der Waals surface area contributed by atoms with E-state index in [2.05, 4.69) is 5.32 Å². The van der Waals surface area contributed by atoms with Gasteiger partial charge in [0.1, 0.15) is 17.1 Å². The summed E-state index contributed by atoms with van der Waals surface area (Å²) in [7, 11) is 4.38. The number of nitrogens with one attached hydrogen (secondary N) is 1. The van der Waals surface area contributed by atoms with Crippen LogP contribution in [0.3, 0.4) is 0 Å². The summed E-state index contributed by atoms with van der Waals surface area (Å²) in [5, 5.41) is 12.4. The van der Waals surface area contributed by atoms with Crippen molar-refractivity contribution in [3.05, 3.63) is 47.5 Å². The number of amides is 2. The molecule has 0 atom stereocenters. The van der Waals surface area contributed by atoms with Gasteiger partial charge in [0.05, 0.1) is 27.0 Å². The number of benzene rings is 2. The summed E-state index contributed by atoms with van der Waals surface area (Å²) in [5.41, 5.74) is 0.643. The summed E-state index contributed by atoms with van der Waals surface area (Å²) in [6, 6.07) is 9.38. The minimum absolute atomic E-state index is 0.0711. The third kappa shape index (κ3) is 3.85. The largest absolute Gasteiger partial charge is 0.504 e. The molecule has 0 radical (unpaired) electrons.